The quantitative estimate of drug-likeness (QED) is 0.772. The Morgan fingerprint density at radius 1 is 1.55 bits per heavy atom. The number of halogens is 3. The molecule has 2 heterocycles. The van der Waals surface area contributed by atoms with Crippen LogP contribution in [0.1, 0.15) is 5.56 Å². The second kappa shape index (κ2) is 5.66. The van der Waals surface area contributed by atoms with E-state index in [2.05, 4.69) is 9.72 Å². The van der Waals surface area contributed by atoms with E-state index in [4.69, 9.17) is 4.74 Å². The minimum absolute atomic E-state index is 0.0272. The molecule has 1 fully saturated rings. The third-order valence-corrected chi connectivity index (χ3v) is 2.97. The second-order valence-corrected chi connectivity index (χ2v) is 4.18. The minimum Gasteiger partial charge on any atom is -0.467 e. The van der Waals surface area contributed by atoms with Gasteiger partial charge < -0.3 is 14.4 Å². The van der Waals surface area contributed by atoms with Gasteiger partial charge in [0.1, 0.15) is 5.82 Å². The van der Waals surface area contributed by atoms with Gasteiger partial charge in [0, 0.05) is 12.7 Å². The number of morpholine rings is 1. The number of hydrogen-bond donors (Lipinski definition) is 0. The Bertz CT molecular complexity index is 493. The molecule has 5 nitrogen and oxygen atoms in total. The summed E-state index contributed by atoms with van der Waals surface area (Å²) in [5.41, 5.74) is -0.879. The predicted octanol–water partition coefficient (Wildman–Crippen LogP) is 1.48. The maximum absolute atomic E-state index is 13.0. The average molecular weight is 290 g/mol. The van der Waals surface area contributed by atoms with Gasteiger partial charge in [0.05, 0.1) is 25.9 Å². The van der Waals surface area contributed by atoms with Crippen molar-refractivity contribution in [2.75, 3.05) is 31.8 Å². The van der Waals surface area contributed by atoms with Crippen molar-refractivity contribution in [3.05, 3.63) is 23.9 Å². The van der Waals surface area contributed by atoms with E-state index < -0.39 is 23.8 Å². The lowest BCUT2D eigenvalue weighted by molar-refractivity contribution is -0.145. The van der Waals surface area contributed by atoms with Gasteiger partial charge in [-0.15, -0.1) is 0 Å². The molecule has 1 aliphatic heterocycles. The Morgan fingerprint density at radius 3 is 2.95 bits per heavy atom. The fraction of sp³-hybridized carbons (Fsp3) is 0.500. The molecule has 0 aliphatic carbocycles. The molecule has 0 bridgehead atoms. The Balaban J connectivity index is 2.40. The lowest BCUT2D eigenvalue weighted by Crippen LogP contribution is -2.51. The molecule has 1 aromatic heterocycles. The molecule has 0 N–H and O–H groups in total. The van der Waals surface area contributed by atoms with Crippen molar-refractivity contribution in [3.8, 4) is 0 Å². The number of ether oxygens (including phenoxy) is 2. The van der Waals surface area contributed by atoms with E-state index in [0.29, 0.717) is 0 Å². The highest BCUT2D eigenvalue weighted by Crippen LogP contribution is 2.36. The predicted molar refractivity (Wildman–Crippen MR) is 63.2 cm³/mol. The summed E-state index contributed by atoms with van der Waals surface area (Å²) < 4.78 is 48.7. The summed E-state index contributed by atoms with van der Waals surface area (Å²) in [4.78, 5) is 16.7. The number of aromatic nitrogens is 1. The van der Waals surface area contributed by atoms with Crippen LogP contribution >= 0.6 is 0 Å². The van der Waals surface area contributed by atoms with E-state index in [9.17, 15) is 18.0 Å². The SMILES string of the molecule is COC(=O)C1COCCN1c1ncccc1C(F)(F)F. The Morgan fingerprint density at radius 2 is 2.30 bits per heavy atom. The molecule has 0 amide bonds. The standard InChI is InChI=1S/C12H13F3N2O3/c1-19-11(18)9-7-20-6-5-17(9)10-8(12(13,14)15)3-2-4-16-10/h2-4,9H,5-7H2,1H3. The summed E-state index contributed by atoms with van der Waals surface area (Å²) >= 11 is 0. The lowest BCUT2D eigenvalue weighted by atomic mass is 10.1. The third kappa shape index (κ3) is 2.84. The van der Waals surface area contributed by atoms with Crippen LogP contribution in [0, 0.1) is 0 Å². The first-order valence-electron chi connectivity index (χ1n) is 5.89. The number of methoxy groups -OCH3 is 1. The summed E-state index contributed by atoms with van der Waals surface area (Å²) in [6, 6.07) is 1.22. The summed E-state index contributed by atoms with van der Waals surface area (Å²) in [6.45, 7) is 0.335. The molecule has 110 valence electrons. The number of carbonyl (C=O) groups is 1. The maximum atomic E-state index is 13.0. The molecule has 0 aromatic carbocycles. The summed E-state index contributed by atoms with van der Waals surface area (Å²) in [5, 5.41) is 0. The van der Waals surface area contributed by atoms with Crippen LogP contribution in [0.25, 0.3) is 0 Å². The number of esters is 1. The van der Waals surface area contributed by atoms with Gasteiger partial charge in [-0.25, -0.2) is 9.78 Å². The number of nitrogens with zero attached hydrogens (tertiary/aromatic N) is 2. The molecule has 1 aliphatic rings. The van der Waals surface area contributed by atoms with Crippen molar-refractivity contribution in [2.24, 2.45) is 0 Å². The molecule has 1 saturated heterocycles. The second-order valence-electron chi connectivity index (χ2n) is 4.18. The fourth-order valence-electron chi connectivity index (χ4n) is 2.04. The number of pyridine rings is 1. The molecule has 0 saturated carbocycles. The summed E-state index contributed by atoms with van der Waals surface area (Å²) in [6.07, 6.45) is -3.28. The van der Waals surface area contributed by atoms with Crippen molar-refractivity contribution in [1.29, 1.82) is 0 Å². The van der Waals surface area contributed by atoms with Gasteiger partial charge >= 0.3 is 12.1 Å². The monoisotopic (exact) mass is 290 g/mol. The smallest absolute Gasteiger partial charge is 0.419 e. The van der Waals surface area contributed by atoms with Crippen molar-refractivity contribution in [2.45, 2.75) is 12.2 Å². The molecule has 2 rings (SSSR count). The zero-order valence-corrected chi connectivity index (χ0v) is 10.7. The van der Waals surface area contributed by atoms with Crippen LogP contribution in [0.15, 0.2) is 18.3 Å². The summed E-state index contributed by atoms with van der Waals surface area (Å²) in [7, 11) is 1.18. The molecule has 0 radical (unpaired) electrons. The Kier molecular flexibility index (Phi) is 4.12. The van der Waals surface area contributed by atoms with Crippen LogP contribution in [0.2, 0.25) is 0 Å². The summed E-state index contributed by atoms with van der Waals surface area (Å²) in [5.74, 6) is -0.929. The van der Waals surface area contributed by atoms with Crippen molar-refractivity contribution in [3.63, 3.8) is 0 Å². The topological polar surface area (TPSA) is 51.7 Å². The van der Waals surface area contributed by atoms with Gasteiger partial charge in [-0.05, 0) is 12.1 Å². The van der Waals surface area contributed by atoms with Gasteiger partial charge in [-0.1, -0.05) is 0 Å². The Hall–Kier alpha value is -1.83. The zero-order valence-electron chi connectivity index (χ0n) is 10.7. The van der Waals surface area contributed by atoms with Gasteiger partial charge in [0.25, 0.3) is 0 Å². The third-order valence-electron chi connectivity index (χ3n) is 2.97. The largest absolute Gasteiger partial charge is 0.467 e. The fourth-order valence-corrected chi connectivity index (χ4v) is 2.04. The molecule has 1 unspecified atom stereocenters. The van der Waals surface area contributed by atoms with E-state index in [0.717, 1.165) is 6.07 Å². The lowest BCUT2D eigenvalue weighted by Gasteiger charge is -2.35. The first-order valence-corrected chi connectivity index (χ1v) is 5.89. The van der Waals surface area contributed by atoms with E-state index in [1.165, 1.54) is 24.3 Å². The number of hydrogen-bond acceptors (Lipinski definition) is 5. The first kappa shape index (κ1) is 14.6. The molecular weight excluding hydrogens is 277 g/mol. The zero-order chi connectivity index (χ0) is 14.8. The maximum Gasteiger partial charge on any atom is 0.419 e. The van der Waals surface area contributed by atoms with Gasteiger partial charge in [-0.3, -0.25) is 0 Å². The van der Waals surface area contributed by atoms with Gasteiger partial charge in [-0.2, -0.15) is 13.2 Å². The number of rotatable bonds is 2. The highest BCUT2D eigenvalue weighted by Gasteiger charge is 2.39. The molecule has 20 heavy (non-hydrogen) atoms. The normalized spacial score (nSPS) is 19.8. The molecule has 1 atom stereocenters. The highest BCUT2D eigenvalue weighted by molar-refractivity contribution is 5.80. The van der Waals surface area contributed by atoms with E-state index in [1.807, 2.05) is 0 Å². The molecule has 0 spiro atoms. The Labute approximate surface area is 113 Å². The van der Waals surface area contributed by atoms with Crippen molar-refractivity contribution >= 4 is 11.8 Å². The van der Waals surface area contributed by atoms with Crippen molar-refractivity contribution in [1.82, 2.24) is 4.98 Å². The first-order chi connectivity index (χ1) is 9.45. The van der Waals surface area contributed by atoms with Crippen LogP contribution in [0.3, 0.4) is 0 Å². The average Bonchev–Trinajstić information content (AvgIpc) is 2.45. The van der Waals surface area contributed by atoms with Crippen LogP contribution in [-0.2, 0) is 20.4 Å². The van der Waals surface area contributed by atoms with Crippen LogP contribution < -0.4 is 4.90 Å². The van der Waals surface area contributed by atoms with E-state index in [1.54, 1.807) is 0 Å². The highest BCUT2D eigenvalue weighted by atomic mass is 19.4. The van der Waals surface area contributed by atoms with E-state index in [-0.39, 0.29) is 25.6 Å². The number of anilines is 1. The number of alkyl halides is 3. The van der Waals surface area contributed by atoms with Crippen LogP contribution in [0.5, 0.6) is 0 Å². The minimum atomic E-state index is -4.54. The van der Waals surface area contributed by atoms with Crippen LogP contribution in [-0.4, -0.2) is 43.9 Å². The number of carbonyl (C=O) groups excluding carboxylic acids is 1. The van der Waals surface area contributed by atoms with E-state index >= 15 is 0 Å². The molecule has 8 heteroatoms. The molecule has 1 aromatic rings. The van der Waals surface area contributed by atoms with Gasteiger partial charge in [0.15, 0.2) is 6.04 Å². The van der Waals surface area contributed by atoms with Gasteiger partial charge in [0.2, 0.25) is 0 Å². The molecular formula is C12H13F3N2O3. The van der Waals surface area contributed by atoms with Crippen molar-refractivity contribution < 1.29 is 27.4 Å². The van der Waals surface area contributed by atoms with Crippen LogP contribution in [0.4, 0.5) is 19.0 Å².